The summed E-state index contributed by atoms with van der Waals surface area (Å²) in [5.74, 6) is -0.310. The molecule has 1 fully saturated rings. The van der Waals surface area contributed by atoms with Crippen molar-refractivity contribution in [2.45, 2.75) is 43.9 Å². The van der Waals surface area contributed by atoms with Gasteiger partial charge in [0.25, 0.3) is 5.91 Å². The molecule has 0 aliphatic carbocycles. The molecule has 27 heavy (non-hydrogen) atoms. The smallest absolute Gasteiger partial charge is 0.255 e. The lowest BCUT2D eigenvalue weighted by atomic mass is 10.1. The number of aryl methyl sites for hydroxylation is 1. The summed E-state index contributed by atoms with van der Waals surface area (Å²) in [7, 11) is -3.53. The number of carbonyl (C=O) groups is 1. The number of hydrogen-bond donors (Lipinski definition) is 1. The maximum Gasteiger partial charge on any atom is 0.255 e. The van der Waals surface area contributed by atoms with Gasteiger partial charge in [0, 0.05) is 24.3 Å². The van der Waals surface area contributed by atoms with Crippen LogP contribution in [0.25, 0.3) is 0 Å². The minimum atomic E-state index is -3.53. The summed E-state index contributed by atoms with van der Waals surface area (Å²) in [5, 5.41) is 2.84. The van der Waals surface area contributed by atoms with Crippen molar-refractivity contribution in [3.8, 4) is 0 Å². The number of benzene rings is 2. The second kappa shape index (κ2) is 8.67. The number of sulfonamides is 1. The van der Waals surface area contributed by atoms with Crippen molar-refractivity contribution in [3.05, 3.63) is 59.7 Å². The Bertz CT molecular complexity index is 886. The predicted molar refractivity (Wildman–Crippen MR) is 107 cm³/mol. The highest BCUT2D eigenvalue weighted by atomic mass is 32.2. The Hall–Kier alpha value is -2.18. The van der Waals surface area contributed by atoms with Gasteiger partial charge < -0.3 is 5.32 Å². The highest BCUT2D eigenvalue weighted by Gasteiger charge is 2.27. The van der Waals surface area contributed by atoms with Crippen LogP contribution in [-0.2, 0) is 16.4 Å². The fraction of sp³-hybridized carbons (Fsp3) is 0.381. The first-order valence-corrected chi connectivity index (χ1v) is 11.0. The molecule has 1 N–H and O–H groups in total. The van der Waals surface area contributed by atoms with Crippen LogP contribution < -0.4 is 5.32 Å². The van der Waals surface area contributed by atoms with E-state index in [1.165, 1.54) is 15.9 Å². The third-order valence-electron chi connectivity index (χ3n) is 4.83. The van der Waals surface area contributed by atoms with Gasteiger partial charge in [-0.3, -0.25) is 4.79 Å². The number of unbranched alkanes of at least 4 members (excludes halogenated alkanes) is 1. The van der Waals surface area contributed by atoms with Gasteiger partial charge in [-0.1, -0.05) is 31.5 Å². The molecule has 0 spiro atoms. The zero-order valence-corrected chi connectivity index (χ0v) is 16.5. The third-order valence-corrected chi connectivity index (χ3v) is 6.72. The average molecular weight is 387 g/mol. The summed E-state index contributed by atoms with van der Waals surface area (Å²) in [6.07, 6.45) is 5.08. The standard InChI is InChI=1S/C21H26N2O3S/c1-2-3-7-17-10-12-19(13-11-17)22-21(24)18-8-6-9-20(16-18)27(25,26)23-14-4-5-15-23/h6,8-13,16H,2-5,7,14-15H2,1H3,(H,22,24). The number of hydrogen-bond acceptors (Lipinski definition) is 3. The molecule has 0 unspecified atom stereocenters. The second-order valence-electron chi connectivity index (χ2n) is 6.89. The molecule has 1 amide bonds. The van der Waals surface area contributed by atoms with Crippen molar-refractivity contribution < 1.29 is 13.2 Å². The molecule has 2 aromatic carbocycles. The zero-order valence-electron chi connectivity index (χ0n) is 15.6. The number of carbonyl (C=O) groups excluding carboxylic acids is 1. The van der Waals surface area contributed by atoms with Gasteiger partial charge in [-0.2, -0.15) is 4.31 Å². The molecule has 0 bridgehead atoms. The molecule has 0 saturated carbocycles. The molecule has 2 aromatic rings. The van der Waals surface area contributed by atoms with Crippen molar-refractivity contribution >= 4 is 21.6 Å². The molecule has 0 radical (unpaired) electrons. The molecular formula is C21H26N2O3S. The number of nitrogens with one attached hydrogen (secondary N) is 1. The van der Waals surface area contributed by atoms with Crippen LogP contribution in [0.2, 0.25) is 0 Å². The van der Waals surface area contributed by atoms with Gasteiger partial charge in [-0.15, -0.1) is 0 Å². The van der Waals surface area contributed by atoms with Crippen LogP contribution >= 0.6 is 0 Å². The number of nitrogens with zero attached hydrogens (tertiary/aromatic N) is 1. The normalized spacial score (nSPS) is 15.0. The minimum Gasteiger partial charge on any atom is -0.322 e. The van der Waals surface area contributed by atoms with Crippen LogP contribution in [0.3, 0.4) is 0 Å². The van der Waals surface area contributed by atoms with Gasteiger partial charge in [0.2, 0.25) is 10.0 Å². The first-order chi connectivity index (χ1) is 13.0. The van der Waals surface area contributed by atoms with E-state index in [0.29, 0.717) is 24.3 Å². The van der Waals surface area contributed by atoms with Gasteiger partial charge in [0.15, 0.2) is 0 Å². The first kappa shape index (κ1) is 19.6. The molecule has 0 aromatic heterocycles. The summed E-state index contributed by atoms with van der Waals surface area (Å²) < 4.78 is 26.9. The van der Waals surface area contributed by atoms with Gasteiger partial charge in [-0.05, 0) is 61.6 Å². The van der Waals surface area contributed by atoms with E-state index in [0.717, 1.165) is 32.1 Å². The lowest BCUT2D eigenvalue weighted by Gasteiger charge is -2.16. The molecule has 1 saturated heterocycles. The van der Waals surface area contributed by atoms with E-state index < -0.39 is 10.0 Å². The maximum absolute atomic E-state index is 12.7. The van der Waals surface area contributed by atoms with Crippen LogP contribution in [0.1, 0.15) is 48.5 Å². The van der Waals surface area contributed by atoms with Gasteiger partial charge in [0.1, 0.15) is 0 Å². The highest BCUT2D eigenvalue weighted by Crippen LogP contribution is 2.22. The van der Waals surface area contributed by atoms with Crippen LogP contribution in [0.15, 0.2) is 53.4 Å². The average Bonchev–Trinajstić information content (AvgIpc) is 3.23. The summed E-state index contributed by atoms with van der Waals surface area (Å²) in [5.41, 5.74) is 2.28. The van der Waals surface area contributed by atoms with E-state index >= 15 is 0 Å². The lowest BCUT2D eigenvalue weighted by Crippen LogP contribution is -2.28. The second-order valence-corrected chi connectivity index (χ2v) is 8.83. The summed E-state index contributed by atoms with van der Waals surface area (Å²) in [6, 6.07) is 14.0. The molecule has 1 aliphatic heterocycles. The van der Waals surface area contributed by atoms with Gasteiger partial charge in [0.05, 0.1) is 4.90 Å². The van der Waals surface area contributed by atoms with Crippen molar-refractivity contribution in [2.75, 3.05) is 18.4 Å². The van der Waals surface area contributed by atoms with Gasteiger partial charge in [-0.25, -0.2) is 8.42 Å². The molecule has 5 nitrogen and oxygen atoms in total. The number of rotatable bonds is 7. The zero-order chi connectivity index (χ0) is 19.3. The van der Waals surface area contributed by atoms with Crippen LogP contribution in [0.5, 0.6) is 0 Å². The van der Waals surface area contributed by atoms with Crippen molar-refractivity contribution in [1.82, 2.24) is 4.31 Å². The van der Waals surface area contributed by atoms with Crippen LogP contribution in [0, 0.1) is 0 Å². The number of anilines is 1. The Morgan fingerprint density at radius 2 is 1.78 bits per heavy atom. The molecule has 0 atom stereocenters. The summed E-state index contributed by atoms with van der Waals surface area (Å²) >= 11 is 0. The summed E-state index contributed by atoms with van der Waals surface area (Å²) in [4.78, 5) is 12.7. The topological polar surface area (TPSA) is 66.5 Å². The molecule has 1 aliphatic rings. The third kappa shape index (κ3) is 4.76. The summed E-state index contributed by atoms with van der Waals surface area (Å²) in [6.45, 7) is 3.25. The van der Waals surface area contributed by atoms with E-state index in [2.05, 4.69) is 12.2 Å². The maximum atomic E-state index is 12.7. The fourth-order valence-corrected chi connectivity index (χ4v) is 4.78. The molecule has 144 valence electrons. The lowest BCUT2D eigenvalue weighted by molar-refractivity contribution is 0.102. The quantitative estimate of drug-likeness (QED) is 0.780. The van der Waals surface area contributed by atoms with E-state index in [-0.39, 0.29) is 10.8 Å². The Labute approximate surface area is 161 Å². The highest BCUT2D eigenvalue weighted by molar-refractivity contribution is 7.89. The van der Waals surface area contributed by atoms with E-state index in [1.54, 1.807) is 18.2 Å². The van der Waals surface area contributed by atoms with Gasteiger partial charge >= 0.3 is 0 Å². The Morgan fingerprint density at radius 1 is 1.07 bits per heavy atom. The van der Waals surface area contributed by atoms with E-state index in [4.69, 9.17) is 0 Å². The van der Waals surface area contributed by atoms with Crippen LogP contribution in [0.4, 0.5) is 5.69 Å². The number of amides is 1. The largest absolute Gasteiger partial charge is 0.322 e. The van der Waals surface area contributed by atoms with Crippen molar-refractivity contribution in [3.63, 3.8) is 0 Å². The Morgan fingerprint density at radius 3 is 2.44 bits per heavy atom. The minimum absolute atomic E-state index is 0.173. The fourth-order valence-electron chi connectivity index (χ4n) is 3.21. The van der Waals surface area contributed by atoms with E-state index in [1.807, 2.05) is 24.3 Å². The Kier molecular flexibility index (Phi) is 6.29. The SMILES string of the molecule is CCCCc1ccc(NC(=O)c2cccc(S(=O)(=O)N3CCCC3)c2)cc1. The predicted octanol–water partition coefficient (Wildman–Crippen LogP) is 4.07. The van der Waals surface area contributed by atoms with Crippen LogP contribution in [-0.4, -0.2) is 31.7 Å². The molecular weight excluding hydrogens is 360 g/mol. The molecule has 3 rings (SSSR count). The molecule has 6 heteroatoms. The van der Waals surface area contributed by atoms with E-state index in [9.17, 15) is 13.2 Å². The monoisotopic (exact) mass is 386 g/mol. The molecule has 1 heterocycles. The van der Waals surface area contributed by atoms with Crippen molar-refractivity contribution in [2.24, 2.45) is 0 Å². The Balaban J connectivity index is 1.72. The van der Waals surface area contributed by atoms with Crippen molar-refractivity contribution in [1.29, 1.82) is 0 Å². The first-order valence-electron chi connectivity index (χ1n) is 9.51.